The zero-order valence-electron chi connectivity index (χ0n) is 12.0. The van der Waals surface area contributed by atoms with Crippen LogP contribution in [-0.4, -0.2) is 51.5 Å². The van der Waals surface area contributed by atoms with Crippen LogP contribution < -0.4 is 0 Å². The summed E-state index contributed by atoms with van der Waals surface area (Å²) in [4.78, 5) is 0. The fourth-order valence-electron chi connectivity index (χ4n) is 1.11. The van der Waals surface area contributed by atoms with Gasteiger partial charge in [-0.1, -0.05) is 13.3 Å². The Morgan fingerprint density at radius 2 is 1.29 bits per heavy atom. The summed E-state index contributed by atoms with van der Waals surface area (Å²) in [6.07, 6.45) is 0.603. The van der Waals surface area contributed by atoms with E-state index in [-0.39, 0.29) is 6.42 Å². The molecule has 0 saturated carbocycles. The second-order valence-electron chi connectivity index (χ2n) is 4.55. The predicted octanol–water partition coefficient (Wildman–Crippen LogP) is 3.58. The average molecular weight is 400 g/mol. The molecule has 0 fully saturated rings. The molecule has 0 aromatic rings. The third-order valence-electron chi connectivity index (χ3n) is 2.52. The molecule has 0 heterocycles. The van der Waals surface area contributed by atoms with Gasteiger partial charge in [0.15, 0.2) is 0 Å². The van der Waals surface area contributed by atoms with E-state index in [1.54, 1.807) is 6.92 Å². The van der Waals surface area contributed by atoms with Crippen molar-refractivity contribution in [2.24, 2.45) is 0 Å². The van der Waals surface area contributed by atoms with Crippen LogP contribution in [0.1, 0.15) is 19.8 Å². The fraction of sp³-hybridized carbons (Fsp3) is 1.00. The molecular weight excluding hydrogens is 387 g/mol. The molecule has 0 unspecified atom stereocenters. The van der Waals surface area contributed by atoms with E-state index < -0.39 is 53.2 Å². The Labute approximate surface area is 131 Å². The molecule has 0 amide bonds. The highest BCUT2D eigenvalue weighted by Gasteiger charge is 2.72. The number of hydrogen-bond donors (Lipinski definition) is 0. The molecule has 0 aliphatic heterocycles. The Hall–Kier alpha value is -0.760. The van der Waals surface area contributed by atoms with Crippen LogP contribution in [-0.2, 0) is 19.0 Å². The average Bonchev–Trinajstić information content (AvgIpc) is 2.40. The standard InChI is InChI=1S/C10H13F9O4S/c1-2-3-4-22-5-7(11,12)9(15,16)8(13,14)6-23-24(20,21)10(17,18)19/h2-6H2,1H3. The molecule has 0 aliphatic carbocycles. The van der Waals surface area contributed by atoms with Crippen molar-refractivity contribution >= 4 is 10.1 Å². The van der Waals surface area contributed by atoms with Gasteiger partial charge >= 0.3 is 33.4 Å². The van der Waals surface area contributed by atoms with Crippen LogP contribution >= 0.6 is 0 Å². The number of ether oxygens (including phenoxy) is 1. The van der Waals surface area contributed by atoms with Crippen molar-refractivity contribution < 1.29 is 56.9 Å². The summed E-state index contributed by atoms with van der Waals surface area (Å²) < 4.78 is 142. The Morgan fingerprint density at radius 3 is 1.71 bits per heavy atom. The van der Waals surface area contributed by atoms with Crippen molar-refractivity contribution in [1.29, 1.82) is 0 Å². The lowest BCUT2D eigenvalue weighted by Gasteiger charge is -2.32. The van der Waals surface area contributed by atoms with Crippen LogP contribution in [0.3, 0.4) is 0 Å². The zero-order chi connectivity index (χ0) is 19.4. The van der Waals surface area contributed by atoms with Crippen molar-refractivity contribution in [2.45, 2.75) is 43.0 Å². The molecule has 146 valence electrons. The van der Waals surface area contributed by atoms with E-state index in [0.29, 0.717) is 6.42 Å². The first-order chi connectivity index (χ1) is 10.5. The third-order valence-corrected chi connectivity index (χ3v) is 3.52. The minimum absolute atomic E-state index is 0.172. The van der Waals surface area contributed by atoms with Gasteiger partial charge in [-0.05, 0) is 6.42 Å². The van der Waals surface area contributed by atoms with Crippen molar-refractivity contribution in [3.63, 3.8) is 0 Å². The van der Waals surface area contributed by atoms with Gasteiger partial charge in [0.2, 0.25) is 0 Å². The van der Waals surface area contributed by atoms with E-state index in [1.807, 2.05) is 0 Å². The van der Waals surface area contributed by atoms with Gasteiger partial charge in [-0.15, -0.1) is 0 Å². The van der Waals surface area contributed by atoms with Crippen LogP contribution in [0.4, 0.5) is 39.5 Å². The topological polar surface area (TPSA) is 52.6 Å². The summed E-state index contributed by atoms with van der Waals surface area (Å²) in [6, 6.07) is 0. The van der Waals surface area contributed by atoms with Gasteiger partial charge in [-0.3, -0.25) is 4.18 Å². The molecule has 0 rings (SSSR count). The first-order valence-corrected chi connectivity index (χ1v) is 7.59. The summed E-state index contributed by atoms with van der Waals surface area (Å²) in [5.41, 5.74) is -6.18. The van der Waals surface area contributed by atoms with E-state index >= 15 is 0 Å². The quantitative estimate of drug-likeness (QED) is 0.244. The number of hydrogen-bond acceptors (Lipinski definition) is 4. The molecule has 0 aliphatic rings. The molecule has 0 atom stereocenters. The van der Waals surface area contributed by atoms with Crippen LogP contribution in [0.25, 0.3) is 0 Å². The summed E-state index contributed by atoms with van der Waals surface area (Å²) >= 11 is 0. The van der Waals surface area contributed by atoms with Gasteiger partial charge in [0.1, 0.15) is 13.2 Å². The molecule has 0 bridgehead atoms. The minimum Gasteiger partial charge on any atom is -0.375 e. The lowest BCUT2D eigenvalue weighted by atomic mass is 10.1. The van der Waals surface area contributed by atoms with Crippen molar-refractivity contribution in [3.8, 4) is 0 Å². The van der Waals surface area contributed by atoms with Crippen LogP contribution in [0.15, 0.2) is 0 Å². The lowest BCUT2D eigenvalue weighted by molar-refractivity contribution is -0.324. The van der Waals surface area contributed by atoms with E-state index in [9.17, 15) is 47.9 Å². The number of unbranched alkanes of at least 4 members (excludes halogenated alkanes) is 1. The first kappa shape index (κ1) is 23.2. The summed E-state index contributed by atoms with van der Waals surface area (Å²) in [5.74, 6) is -17.6. The third kappa shape index (κ3) is 5.37. The second-order valence-corrected chi connectivity index (χ2v) is 6.16. The monoisotopic (exact) mass is 400 g/mol. The molecule has 0 N–H and O–H groups in total. The first-order valence-electron chi connectivity index (χ1n) is 6.19. The molecule has 0 saturated heterocycles. The smallest absolute Gasteiger partial charge is 0.375 e. The van der Waals surface area contributed by atoms with Gasteiger partial charge in [0.05, 0.1) is 0 Å². The summed E-state index contributed by atoms with van der Waals surface area (Å²) in [6.45, 7) is -4.09. The van der Waals surface area contributed by atoms with E-state index in [2.05, 4.69) is 8.92 Å². The van der Waals surface area contributed by atoms with Gasteiger partial charge in [0.25, 0.3) is 0 Å². The van der Waals surface area contributed by atoms with Gasteiger partial charge in [0, 0.05) is 6.61 Å². The zero-order valence-corrected chi connectivity index (χ0v) is 12.8. The molecule has 24 heavy (non-hydrogen) atoms. The molecule has 0 aromatic carbocycles. The fourth-order valence-corrected chi connectivity index (χ4v) is 1.55. The van der Waals surface area contributed by atoms with Crippen LogP contribution in [0.5, 0.6) is 0 Å². The van der Waals surface area contributed by atoms with E-state index in [0.717, 1.165) is 0 Å². The van der Waals surface area contributed by atoms with Crippen LogP contribution in [0, 0.1) is 0 Å². The van der Waals surface area contributed by atoms with Gasteiger partial charge in [-0.25, -0.2) is 0 Å². The Morgan fingerprint density at radius 1 is 0.833 bits per heavy atom. The molecule has 0 radical (unpaired) electrons. The van der Waals surface area contributed by atoms with Gasteiger partial charge in [-0.2, -0.15) is 47.9 Å². The number of halogens is 9. The van der Waals surface area contributed by atoms with E-state index in [4.69, 9.17) is 0 Å². The maximum Gasteiger partial charge on any atom is 0.523 e. The second kappa shape index (κ2) is 7.64. The molecule has 0 aromatic heterocycles. The maximum atomic E-state index is 13.2. The number of rotatable bonds is 10. The predicted molar refractivity (Wildman–Crippen MR) is 61.5 cm³/mol. The Balaban J connectivity index is 5.09. The molecule has 4 nitrogen and oxygen atoms in total. The normalized spacial score (nSPS) is 14.9. The highest BCUT2D eigenvalue weighted by atomic mass is 32.2. The summed E-state index contributed by atoms with van der Waals surface area (Å²) in [7, 11) is -6.65. The van der Waals surface area contributed by atoms with Crippen molar-refractivity contribution in [2.75, 3.05) is 19.8 Å². The van der Waals surface area contributed by atoms with E-state index in [1.165, 1.54) is 0 Å². The highest BCUT2D eigenvalue weighted by molar-refractivity contribution is 7.87. The lowest BCUT2D eigenvalue weighted by Crippen LogP contribution is -2.58. The Bertz CT molecular complexity index is 501. The SMILES string of the molecule is CCCCOCC(F)(F)C(F)(F)C(F)(F)COS(=O)(=O)C(F)(F)F. The molecular formula is C10H13F9O4S. The Kier molecular flexibility index (Phi) is 7.40. The maximum absolute atomic E-state index is 13.2. The highest BCUT2D eigenvalue weighted by Crippen LogP contribution is 2.46. The van der Waals surface area contributed by atoms with Crippen LogP contribution in [0.2, 0.25) is 0 Å². The van der Waals surface area contributed by atoms with Gasteiger partial charge < -0.3 is 4.74 Å². The number of alkyl halides is 9. The molecule has 14 heteroatoms. The van der Waals surface area contributed by atoms with Crippen molar-refractivity contribution in [1.82, 2.24) is 0 Å². The molecule has 0 spiro atoms. The van der Waals surface area contributed by atoms with Crippen molar-refractivity contribution in [3.05, 3.63) is 0 Å². The largest absolute Gasteiger partial charge is 0.523 e. The minimum atomic E-state index is -6.65. The summed E-state index contributed by atoms with van der Waals surface area (Å²) in [5, 5.41) is 0.